The van der Waals surface area contributed by atoms with E-state index < -0.39 is 11.7 Å². The molecule has 0 fully saturated rings. The van der Waals surface area contributed by atoms with Crippen LogP contribution in [0.1, 0.15) is 11.1 Å². The van der Waals surface area contributed by atoms with E-state index in [1.165, 1.54) is 17.1 Å². The van der Waals surface area contributed by atoms with Crippen LogP contribution in [0.3, 0.4) is 0 Å². The standard InChI is InChI=1S/C19H10Cl2F3N7/c20-13-5-12(19(22,23)24)6-14(21)17(13)31-18(30-3-1-2-4-30)11(10-29-31)9-28-16(8-26)15(27)7-25/h1-6,9-10H,27H2. The number of aromatic nitrogens is 3. The first kappa shape index (κ1) is 22.0. The third-order valence-electron chi connectivity index (χ3n) is 3.99. The van der Waals surface area contributed by atoms with E-state index in [4.69, 9.17) is 39.5 Å². The molecule has 156 valence electrons. The Hall–Kier alpha value is -3.73. The summed E-state index contributed by atoms with van der Waals surface area (Å²) in [5.41, 5.74) is 4.13. The summed E-state index contributed by atoms with van der Waals surface area (Å²) in [5.74, 6) is 0.324. The highest BCUT2D eigenvalue weighted by atomic mass is 35.5. The Morgan fingerprint density at radius 1 is 1.13 bits per heavy atom. The Labute approximate surface area is 183 Å². The number of nitriles is 2. The van der Waals surface area contributed by atoms with E-state index in [0.717, 1.165) is 12.1 Å². The predicted molar refractivity (Wildman–Crippen MR) is 108 cm³/mol. The van der Waals surface area contributed by atoms with Crippen molar-refractivity contribution in [2.75, 3.05) is 0 Å². The van der Waals surface area contributed by atoms with Gasteiger partial charge in [-0.3, -0.25) is 0 Å². The SMILES string of the molecule is N#CC(N)=C(C#N)N=Cc1cnn(-c2c(Cl)cc(C(F)(F)F)cc2Cl)c1-n1cccc1. The second kappa shape index (κ2) is 8.56. The number of alkyl halides is 3. The summed E-state index contributed by atoms with van der Waals surface area (Å²) in [4.78, 5) is 3.92. The van der Waals surface area contributed by atoms with Gasteiger partial charge in [0.1, 0.15) is 29.3 Å². The molecule has 2 aromatic heterocycles. The van der Waals surface area contributed by atoms with Gasteiger partial charge >= 0.3 is 6.18 Å². The Kier molecular flexibility index (Phi) is 6.07. The molecular weight excluding hydrogens is 454 g/mol. The average Bonchev–Trinajstić information content (AvgIpc) is 3.36. The zero-order chi connectivity index (χ0) is 22.8. The molecule has 0 aliphatic carbocycles. The molecule has 0 saturated carbocycles. The van der Waals surface area contributed by atoms with E-state index in [1.54, 1.807) is 41.2 Å². The summed E-state index contributed by atoms with van der Waals surface area (Å²) >= 11 is 12.3. The van der Waals surface area contributed by atoms with Crippen LogP contribution in [-0.2, 0) is 6.18 Å². The summed E-state index contributed by atoms with van der Waals surface area (Å²) < 4.78 is 42.0. The highest BCUT2D eigenvalue weighted by molar-refractivity contribution is 6.38. The first-order valence-corrected chi connectivity index (χ1v) is 9.05. The van der Waals surface area contributed by atoms with Gasteiger partial charge in [-0.05, 0) is 24.3 Å². The summed E-state index contributed by atoms with van der Waals surface area (Å²) in [5, 5.41) is 21.6. The minimum absolute atomic E-state index is 0.0206. The van der Waals surface area contributed by atoms with Crippen LogP contribution in [-0.4, -0.2) is 20.6 Å². The number of nitrogens with two attached hydrogens (primary N) is 1. The smallest absolute Gasteiger partial charge is 0.388 e. The van der Waals surface area contributed by atoms with Gasteiger partial charge in [-0.25, -0.2) is 9.67 Å². The number of hydrogen-bond donors (Lipinski definition) is 1. The predicted octanol–water partition coefficient (Wildman–Crippen LogP) is 4.62. The van der Waals surface area contributed by atoms with Gasteiger partial charge < -0.3 is 10.3 Å². The van der Waals surface area contributed by atoms with Gasteiger partial charge in [0, 0.05) is 18.6 Å². The number of allylic oxidation sites excluding steroid dienone is 2. The Morgan fingerprint density at radius 2 is 1.74 bits per heavy atom. The van der Waals surface area contributed by atoms with Crippen LogP contribution in [0, 0.1) is 22.7 Å². The maximum absolute atomic E-state index is 13.1. The zero-order valence-corrected chi connectivity index (χ0v) is 16.8. The van der Waals surface area contributed by atoms with Gasteiger partial charge in [-0.2, -0.15) is 28.8 Å². The van der Waals surface area contributed by atoms with Gasteiger partial charge in [-0.15, -0.1) is 0 Å². The second-order valence-electron chi connectivity index (χ2n) is 5.96. The molecule has 2 N–H and O–H groups in total. The van der Waals surface area contributed by atoms with E-state index in [0.29, 0.717) is 11.4 Å². The lowest BCUT2D eigenvalue weighted by molar-refractivity contribution is -0.137. The molecule has 3 aromatic rings. The molecule has 0 radical (unpaired) electrons. The summed E-state index contributed by atoms with van der Waals surface area (Å²) in [7, 11) is 0. The van der Waals surface area contributed by atoms with Gasteiger partial charge in [0.05, 0.1) is 27.4 Å². The van der Waals surface area contributed by atoms with E-state index in [9.17, 15) is 13.2 Å². The molecule has 31 heavy (non-hydrogen) atoms. The van der Waals surface area contributed by atoms with Crippen molar-refractivity contribution in [3.8, 4) is 23.6 Å². The van der Waals surface area contributed by atoms with Crippen LogP contribution in [0.25, 0.3) is 11.5 Å². The van der Waals surface area contributed by atoms with Gasteiger partial charge in [0.25, 0.3) is 0 Å². The molecule has 7 nitrogen and oxygen atoms in total. The number of aliphatic imine (C=N–C) groups is 1. The fourth-order valence-electron chi connectivity index (χ4n) is 2.62. The molecular formula is C19H10Cl2F3N7. The largest absolute Gasteiger partial charge is 0.416 e. The quantitative estimate of drug-likeness (QED) is 0.449. The number of nitrogens with zero attached hydrogens (tertiary/aromatic N) is 6. The molecule has 3 rings (SSSR count). The van der Waals surface area contributed by atoms with E-state index in [-0.39, 0.29) is 27.1 Å². The van der Waals surface area contributed by atoms with Crippen molar-refractivity contribution in [3.63, 3.8) is 0 Å². The molecule has 1 aromatic carbocycles. The molecule has 0 aliphatic heterocycles. The number of benzene rings is 1. The summed E-state index contributed by atoms with van der Waals surface area (Å²) in [6.07, 6.45) is 1.27. The number of hydrogen-bond acceptors (Lipinski definition) is 5. The van der Waals surface area contributed by atoms with Crippen LogP contribution in [0.5, 0.6) is 0 Å². The first-order chi connectivity index (χ1) is 14.7. The molecule has 2 heterocycles. The van der Waals surface area contributed by atoms with Crippen molar-refractivity contribution in [2.24, 2.45) is 10.7 Å². The van der Waals surface area contributed by atoms with Crippen LogP contribution in [0.15, 0.2) is 59.2 Å². The minimum Gasteiger partial charge on any atom is -0.388 e. The van der Waals surface area contributed by atoms with E-state index in [1.807, 2.05) is 0 Å². The molecule has 0 amide bonds. The van der Waals surface area contributed by atoms with Crippen molar-refractivity contribution >= 4 is 29.4 Å². The monoisotopic (exact) mass is 463 g/mol. The van der Waals surface area contributed by atoms with Crippen LogP contribution in [0.4, 0.5) is 13.2 Å². The normalized spacial score (nSPS) is 12.5. The van der Waals surface area contributed by atoms with Crippen molar-refractivity contribution in [3.05, 3.63) is 75.4 Å². The zero-order valence-electron chi connectivity index (χ0n) is 15.3. The lowest BCUT2D eigenvalue weighted by Crippen LogP contribution is -2.10. The Morgan fingerprint density at radius 3 is 2.26 bits per heavy atom. The van der Waals surface area contributed by atoms with Crippen LogP contribution in [0.2, 0.25) is 10.0 Å². The third kappa shape index (κ3) is 4.40. The van der Waals surface area contributed by atoms with Gasteiger partial charge in [0.15, 0.2) is 5.70 Å². The van der Waals surface area contributed by atoms with Gasteiger partial charge in [0.2, 0.25) is 0 Å². The summed E-state index contributed by atoms with van der Waals surface area (Å²) in [6, 6.07) is 8.26. The Bertz CT molecular complexity index is 1250. The van der Waals surface area contributed by atoms with Crippen molar-refractivity contribution in [1.29, 1.82) is 10.5 Å². The molecule has 0 saturated heterocycles. The molecule has 0 unspecified atom stereocenters. The van der Waals surface area contributed by atoms with E-state index >= 15 is 0 Å². The molecule has 0 spiro atoms. The van der Waals surface area contributed by atoms with Crippen molar-refractivity contribution in [1.82, 2.24) is 14.3 Å². The number of halogens is 5. The van der Waals surface area contributed by atoms with Crippen molar-refractivity contribution in [2.45, 2.75) is 6.18 Å². The lowest BCUT2D eigenvalue weighted by Gasteiger charge is -2.15. The van der Waals surface area contributed by atoms with Gasteiger partial charge in [-0.1, -0.05) is 23.2 Å². The lowest BCUT2D eigenvalue weighted by atomic mass is 10.2. The fraction of sp³-hybridized carbons (Fsp3) is 0.0526. The maximum Gasteiger partial charge on any atom is 0.416 e. The van der Waals surface area contributed by atoms with E-state index in [2.05, 4.69) is 10.1 Å². The molecule has 0 bridgehead atoms. The topological polar surface area (TPSA) is 109 Å². The maximum atomic E-state index is 13.1. The molecule has 12 heteroatoms. The average molecular weight is 464 g/mol. The van der Waals surface area contributed by atoms with Crippen LogP contribution < -0.4 is 5.73 Å². The Balaban J connectivity index is 2.21. The fourth-order valence-corrected chi connectivity index (χ4v) is 3.27. The minimum atomic E-state index is -4.63. The number of rotatable bonds is 4. The van der Waals surface area contributed by atoms with Crippen molar-refractivity contribution < 1.29 is 13.2 Å². The second-order valence-corrected chi connectivity index (χ2v) is 6.77. The van der Waals surface area contributed by atoms with Crippen LogP contribution >= 0.6 is 23.2 Å². The summed E-state index contributed by atoms with van der Waals surface area (Å²) in [6.45, 7) is 0. The highest BCUT2D eigenvalue weighted by Gasteiger charge is 2.32. The highest BCUT2D eigenvalue weighted by Crippen LogP contribution is 2.38. The molecule has 0 atom stereocenters. The first-order valence-electron chi connectivity index (χ1n) is 8.29. The molecule has 0 aliphatic rings. The third-order valence-corrected chi connectivity index (χ3v) is 4.57.